The van der Waals surface area contributed by atoms with Crippen molar-refractivity contribution in [1.29, 1.82) is 0 Å². The number of nitrogens with zero attached hydrogens (tertiary/aromatic N) is 2. The standard InChI is InChI=1S/C17H21N3O3S/c1-24-10-9-14(12-21)18-16(22)11-20-17(23)8-7-15(19-20)13-5-3-2-4-6-13/h2-8,14,21H,9-12H2,1H3,(H,18,22)/t14-/m0/s1. The molecule has 6 nitrogen and oxygen atoms in total. The predicted molar refractivity (Wildman–Crippen MR) is 95.9 cm³/mol. The molecule has 0 radical (unpaired) electrons. The third-order valence-corrected chi connectivity index (χ3v) is 4.13. The van der Waals surface area contributed by atoms with E-state index < -0.39 is 0 Å². The van der Waals surface area contributed by atoms with Gasteiger partial charge >= 0.3 is 0 Å². The third kappa shape index (κ3) is 5.21. The number of nitrogens with one attached hydrogen (secondary N) is 1. The number of thioether (sulfide) groups is 1. The Morgan fingerprint density at radius 3 is 2.71 bits per heavy atom. The lowest BCUT2D eigenvalue weighted by Crippen LogP contribution is -2.41. The van der Waals surface area contributed by atoms with Crippen molar-refractivity contribution in [2.75, 3.05) is 18.6 Å². The first kappa shape index (κ1) is 18.2. The van der Waals surface area contributed by atoms with E-state index in [0.717, 1.165) is 16.0 Å². The highest BCUT2D eigenvalue weighted by Crippen LogP contribution is 2.13. The normalized spacial score (nSPS) is 11.9. The summed E-state index contributed by atoms with van der Waals surface area (Å²) in [7, 11) is 0. The zero-order valence-electron chi connectivity index (χ0n) is 13.5. The summed E-state index contributed by atoms with van der Waals surface area (Å²) < 4.78 is 1.14. The minimum absolute atomic E-state index is 0.126. The van der Waals surface area contributed by atoms with E-state index in [1.54, 1.807) is 17.8 Å². The van der Waals surface area contributed by atoms with Gasteiger partial charge in [-0.05, 0) is 24.5 Å². The van der Waals surface area contributed by atoms with Gasteiger partial charge < -0.3 is 10.4 Å². The highest BCUT2D eigenvalue weighted by atomic mass is 32.2. The molecular formula is C17H21N3O3S. The van der Waals surface area contributed by atoms with Crippen LogP contribution in [0.2, 0.25) is 0 Å². The van der Waals surface area contributed by atoms with Crippen molar-refractivity contribution in [3.63, 3.8) is 0 Å². The van der Waals surface area contributed by atoms with Gasteiger partial charge in [0.1, 0.15) is 6.54 Å². The second-order valence-electron chi connectivity index (χ2n) is 5.31. The molecule has 0 unspecified atom stereocenters. The monoisotopic (exact) mass is 347 g/mol. The summed E-state index contributed by atoms with van der Waals surface area (Å²) in [6.45, 7) is -0.298. The molecule has 0 fully saturated rings. The average Bonchev–Trinajstić information content (AvgIpc) is 2.61. The molecular weight excluding hydrogens is 326 g/mol. The van der Waals surface area contributed by atoms with Gasteiger partial charge in [-0.3, -0.25) is 9.59 Å². The summed E-state index contributed by atoms with van der Waals surface area (Å²) in [6, 6.07) is 12.2. The Morgan fingerprint density at radius 1 is 1.29 bits per heavy atom. The zero-order chi connectivity index (χ0) is 17.4. The molecule has 2 aromatic rings. The van der Waals surface area contributed by atoms with E-state index in [2.05, 4.69) is 10.4 Å². The first-order valence-electron chi connectivity index (χ1n) is 7.66. The second-order valence-corrected chi connectivity index (χ2v) is 6.29. The van der Waals surface area contributed by atoms with E-state index >= 15 is 0 Å². The minimum atomic E-state index is -0.338. The molecule has 0 aliphatic heterocycles. The summed E-state index contributed by atoms with van der Waals surface area (Å²) in [4.78, 5) is 24.0. The van der Waals surface area contributed by atoms with E-state index in [4.69, 9.17) is 0 Å². The number of benzene rings is 1. The van der Waals surface area contributed by atoms with E-state index in [-0.39, 0.29) is 30.7 Å². The zero-order valence-corrected chi connectivity index (χ0v) is 14.3. The van der Waals surface area contributed by atoms with Crippen LogP contribution in [0.4, 0.5) is 0 Å². The van der Waals surface area contributed by atoms with Crippen LogP contribution in [0.3, 0.4) is 0 Å². The van der Waals surface area contributed by atoms with Crippen molar-refractivity contribution in [2.45, 2.75) is 19.0 Å². The van der Waals surface area contributed by atoms with Crippen LogP contribution in [0.15, 0.2) is 47.3 Å². The van der Waals surface area contributed by atoms with Gasteiger partial charge in [0.25, 0.3) is 5.56 Å². The van der Waals surface area contributed by atoms with Crippen LogP contribution in [0.1, 0.15) is 6.42 Å². The largest absolute Gasteiger partial charge is 0.394 e. The molecule has 1 heterocycles. The van der Waals surface area contributed by atoms with E-state index in [9.17, 15) is 14.7 Å². The maximum atomic E-state index is 12.1. The number of carbonyl (C=O) groups is 1. The van der Waals surface area contributed by atoms with Gasteiger partial charge in [-0.15, -0.1) is 0 Å². The number of hydrogen-bond acceptors (Lipinski definition) is 5. The summed E-state index contributed by atoms with van der Waals surface area (Å²) >= 11 is 1.65. The van der Waals surface area contributed by atoms with Crippen molar-refractivity contribution in [3.05, 3.63) is 52.8 Å². The van der Waals surface area contributed by atoms with Crippen molar-refractivity contribution in [2.24, 2.45) is 0 Å². The van der Waals surface area contributed by atoms with Crippen LogP contribution >= 0.6 is 11.8 Å². The van der Waals surface area contributed by atoms with Crippen LogP contribution in [0, 0.1) is 0 Å². The van der Waals surface area contributed by atoms with E-state index in [1.165, 1.54) is 6.07 Å². The molecule has 24 heavy (non-hydrogen) atoms. The first-order chi connectivity index (χ1) is 11.6. The molecule has 1 aromatic carbocycles. The Labute approximate surface area is 144 Å². The highest BCUT2D eigenvalue weighted by Gasteiger charge is 2.13. The fourth-order valence-corrected chi connectivity index (χ4v) is 2.72. The number of rotatable bonds is 8. The molecule has 0 aliphatic rings. The molecule has 0 spiro atoms. The number of aliphatic hydroxyl groups is 1. The van der Waals surface area contributed by atoms with Crippen molar-refractivity contribution < 1.29 is 9.90 Å². The molecule has 2 N–H and O–H groups in total. The van der Waals surface area contributed by atoms with Crippen LogP contribution in [0.25, 0.3) is 11.3 Å². The van der Waals surface area contributed by atoms with Gasteiger partial charge in [0, 0.05) is 11.6 Å². The second kappa shape index (κ2) is 9.24. The minimum Gasteiger partial charge on any atom is -0.394 e. The summed E-state index contributed by atoms with van der Waals surface area (Å²) in [6.07, 6.45) is 2.64. The maximum Gasteiger partial charge on any atom is 0.267 e. The summed E-state index contributed by atoms with van der Waals surface area (Å²) in [5.41, 5.74) is 1.17. The molecule has 1 atom stereocenters. The molecule has 2 rings (SSSR count). The summed E-state index contributed by atoms with van der Waals surface area (Å²) in [5, 5.41) is 16.3. The first-order valence-corrected chi connectivity index (χ1v) is 9.06. The molecule has 7 heteroatoms. The highest BCUT2D eigenvalue weighted by molar-refractivity contribution is 7.98. The Hall–Kier alpha value is -2.12. The number of amides is 1. The molecule has 1 aromatic heterocycles. The number of hydrogen-bond donors (Lipinski definition) is 2. The third-order valence-electron chi connectivity index (χ3n) is 3.49. The maximum absolute atomic E-state index is 12.1. The molecule has 128 valence electrons. The Kier molecular flexibility index (Phi) is 7.02. The van der Waals surface area contributed by atoms with Gasteiger partial charge in [-0.2, -0.15) is 16.9 Å². The van der Waals surface area contributed by atoms with Gasteiger partial charge in [-0.25, -0.2) is 4.68 Å². The quantitative estimate of drug-likeness (QED) is 0.748. The SMILES string of the molecule is CSCC[C@@H](CO)NC(=O)Cn1nc(-c2ccccc2)ccc1=O. The Morgan fingerprint density at radius 2 is 2.04 bits per heavy atom. The fourth-order valence-electron chi connectivity index (χ4n) is 2.20. The number of aromatic nitrogens is 2. The Bertz CT molecular complexity index is 719. The van der Waals surface area contributed by atoms with Gasteiger partial charge in [0.15, 0.2) is 0 Å². The smallest absolute Gasteiger partial charge is 0.267 e. The van der Waals surface area contributed by atoms with Crippen LogP contribution in [0.5, 0.6) is 0 Å². The van der Waals surface area contributed by atoms with Crippen molar-refractivity contribution in [3.8, 4) is 11.3 Å². The Balaban J connectivity index is 2.09. The number of carbonyl (C=O) groups excluding carboxylic acids is 1. The lowest BCUT2D eigenvalue weighted by atomic mass is 10.1. The van der Waals surface area contributed by atoms with Crippen LogP contribution in [-0.2, 0) is 11.3 Å². The average molecular weight is 347 g/mol. The van der Waals surface area contributed by atoms with Gasteiger partial charge in [-0.1, -0.05) is 30.3 Å². The van der Waals surface area contributed by atoms with E-state index in [0.29, 0.717) is 12.1 Å². The van der Waals surface area contributed by atoms with Gasteiger partial charge in [0.05, 0.1) is 18.3 Å². The summed E-state index contributed by atoms with van der Waals surface area (Å²) in [5.74, 6) is 0.502. The molecule has 0 bridgehead atoms. The molecule has 0 saturated heterocycles. The van der Waals surface area contributed by atoms with E-state index in [1.807, 2.05) is 36.6 Å². The molecule has 0 saturated carbocycles. The fraction of sp³-hybridized carbons (Fsp3) is 0.353. The van der Waals surface area contributed by atoms with Crippen molar-refractivity contribution >= 4 is 17.7 Å². The predicted octanol–water partition coefficient (Wildman–Crippen LogP) is 1.14. The molecule has 0 aliphatic carbocycles. The molecule has 1 amide bonds. The van der Waals surface area contributed by atoms with Crippen molar-refractivity contribution in [1.82, 2.24) is 15.1 Å². The topological polar surface area (TPSA) is 84.2 Å². The van der Waals surface area contributed by atoms with Crippen LogP contribution < -0.4 is 10.9 Å². The lowest BCUT2D eigenvalue weighted by molar-refractivity contribution is -0.122. The van der Waals surface area contributed by atoms with Crippen LogP contribution in [-0.4, -0.2) is 45.5 Å². The van der Waals surface area contributed by atoms with Gasteiger partial charge in [0.2, 0.25) is 5.91 Å². The number of aliphatic hydroxyl groups excluding tert-OH is 1. The lowest BCUT2D eigenvalue weighted by Gasteiger charge is -2.16.